The fourth-order valence-corrected chi connectivity index (χ4v) is 1.21. The Bertz CT molecular complexity index is 346. The molecule has 1 aromatic rings. The lowest BCUT2D eigenvalue weighted by molar-refractivity contribution is 0.0956. The molecule has 2 N–H and O–H groups in total. The van der Waals surface area contributed by atoms with Crippen molar-refractivity contribution in [2.45, 2.75) is 20.8 Å². The molecule has 0 fully saturated rings. The first-order valence-electron chi connectivity index (χ1n) is 4.46. The molecule has 0 spiro atoms. The van der Waals surface area contributed by atoms with Crippen LogP contribution >= 0.6 is 0 Å². The third kappa shape index (κ3) is 2.22. The van der Waals surface area contributed by atoms with Crippen LogP contribution in [0.4, 0.5) is 0 Å². The molecule has 0 bridgehead atoms. The molecule has 0 aliphatic rings. The van der Waals surface area contributed by atoms with Crippen LogP contribution in [-0.2, 0) is 0 Å². The number of carbonyl (C=O) groups is 1. The smallest absolute Gasteiger partial charge is 0.255 e. The number of rotatable bonds is 3. The minimum absolute atomic E-state index is 0.100. The van der Waals surface area contributed by atoms with E-state index in [1.54, 1.807) is 6.92 Å². The number of aromatic amines is 1. The predicted molar refractivity (Wildman–Crippen MR) is 55.2 cm³/mol. The van der Waals surface area contributed by atoms with Crippen molar-refractivity contribution in [1.82, 2.24) is 15.5 Å². The molecule has 1 aromatic heterocycles. The van der Waals surface area contributed by atoms with Crippen molar-refractivity contribution < 1.29 is 4.79 Å². The molecule has 0 aliphatic heterocycles. The van der Waals surface area contributed by atoms with Crippen molar-refractivity contribution in [1.29, 1.82) is 0 Å². The van der Waals surface area contributed by atoms with Crippen LogP contribution in [-0.4, -0.2) is 22.6 Å². The van der Waals surface area contributed by atoms with Crippen LogP contribution in [0.1, 0.15) is 28.7 Å². The molecule has 0 saturated heterocycles. The number of nitrogens with one attached hydrogen (secondary N) is 2. The van der Waals surface area contributed by atoms with Crippen molar-refractivity contribution in [2.75, 3.05) is 6.54 Å². The summed E-state index contributed by atoms with van der Waals surface area (Å²) in [6.07, 6.45) is 0. The van der Waals surface area contributed by atoms with E-state index in [0.717, 1.165) is 17.0 Å². The van der Waals surface area contributed by atoms with Gasteiger partial charge in [-0.2, -0.15) is 5.10 Å². The third-order valence-electron chi connectivity index (χ3n) is 1.91. The summed E-state index contributed by atoms with van der Waals surface area (Å²) in [5.74, 6) is -0.100. The molecule has 0 atom stereocenters. The second-order valence-electron chi connectivity index (χ2n) is 3.45. The lowest BCUT2D eigenvalue weighted by atomic mass is 10.2. The summed E-state index contributed by atoms with van der Waals surface area (Å²) in [4.78, 5) is 11.6. The summed E-state index contributed by atoms with van der Waals surface area (Å²) >= 11 is 0. The zero-order chi connectivity index (χ0) is 10.7. The van der Waals surface area contributed by atoms with Gasteiger partial charge >= 0.3 is 0 Å². The van der Waals surface area contributed by atoms with E-state index in [1.165, 1.54) is 0 Å². The number of carbonyl (C=O) groups excluding carboxylic acids is 1. The number of hydrogen-bond acceptors (Lipinski definition) is 2. The van der Waals surface area contributed by atoms with Gasteiger partial charge in [-0.25, -0.2) is 0 Å². The van der Waals surface area contributed by atoms with Crippen LogP contribution in [0.15, 0.2) is 12.2 Å². The minimum Gasteiger partial charge on any atom is -0.348 e. The first kappa shape index (κ1) is 10.5. The summed E-state index contributed by atoms with van der Waals surface area (Å²) in [5, 5.41) is 9.50. The Hall–Kier alpha value is -1.58. The van der Waals surface area contributed by atoms with E-state index >= 15 is 0 Å². The number of amides is 1. The molecule has 4 heteroatoms. The summed E-state index contributed by atoms with van der Waals surface area (Å²) in [5.41, 5.74) is 3.08. The Morgan fingerprint density at radius 1 is 1.57 bits per heavy atom. The van der Waals surface area contributed by atoms with Gasteiger partial charge in [0.25, 0.3) is 5.91 Å². The Morgan fingerprint density at radius 3 is 2.64 bits per heavy atom. The number of nitrogens with zero attached hydrogens (tertiary/aromatic N) is 1. The quantitative estimate of drug-likeness (QED) is 0.711. The monoisotopic (exact) mass is 193 g/mol. The summed E-state index contributed by atoms with van der Waals surface area (Å²) in [7, 11) is 0. The Balaban J connectivity index is 2.74. The van der Waals surface area contributed by atoms with Crippen molar-refractivity contribution in [3.8, 4) is 0 Å². The number of H-pyrrole nitrogens is 1. The van der Waals surface area contributed by atoms with Crippen molar-refractivity contribution in [2.24, 2.45) is 0 Å². The standard InChI is InChI=1S/C10H15N3O/c1-6(2)5-11-10(14)9-7(3)12-13-8(9)4/h1,5H2,2-4H3,(H,11,14)(H,12,13). The predicted octanol–water partition coefficient (Wildman–Crippen LogP) is 1.33. The maximum atomic E-state index is 11.6. The van der Waals surface area contributed by atoms with Gasteiger partial charge in [-0.05, 0) is 20.8 Å². The van der Waals surface area contributed by atoms with Gasteiger partial charge in [0.1, 0.15) is 0 Å². The van der Waals surface area contributed by atoms with Crippen molar-refractivity contribution in [3.05, 3.63) is 29.1 Å². The van der Waals surface area contributed by atoms with E-state index in [-0.39, 0.29) is 5.91 Å². The number of aromatic nitrogens is 2. The Morgan fingerprint density at radius 2 is 2.21 bits per heavy atom. The fourth-order valence-electron chi connectivity index (χ4n) is 1.21. The van der Waals surface area contributed by atoms with Crippen LogP contribution in [0.2, 0.25) is 0 Å². The molecule has 1 heterocycles. The average Bonchev–Trinajstić information content (AvgIpc) is 2.42. The maximum absolute atomic E-state index is 11.6. The van der Waals surface area contributed by atoms with E-state index in [2.05, 4.69) is 22.1 Å². The molecular weight excluding hydrogens is 178 g/mol. The SMILES string of the molecule is C=C(C)CNC(=O)c1c(C)n[nH]c1C. The van der Waals surface area contributed by atoms with E-state index in [9.17, 15) is 4.79 Å². The zero-order valence-corrected chi connectivity index (χ0v) is 8.77. The molecule has 0 unspecified atom stereocenters. The number of aryl methyl sites for hydroxylation is 2. The third-order valence-corrected chi connectivity index (χ3v) is 1.91. The highest BCUT2D eigenvalue weighted by Crippen LogP contribution is 2.08. The molecule has 14 heavy (non-hydrogen) atoms. The highest BCUT2D eigenvalue weighted by molar-refractivity contribution is 5.96. The fraction of sp³-hybridized carbons (Fsp3) is 0.400. The van der Waals surface area contributed by atoms with E-state index in [1.807, 2.05) is 13.8 Å². The second-order valence-corrected chi connectivity index (χ2v) is 3.45. The molecule has 0 aromatic carbocycles. The first-order valence-corrected chi connectivity index (χ1v) is 4.46. The molecule has 1 rings (SSSR count). The van der Waals surface area contributed by atoms with E-state index < -0.39 is 0 Å². The van der Waals surface area contributed by atoms with Crippen LogP contribution < -0.4 is 5.32 Å². The Kier molecular flexibility index (Phi) is 3.06. The van der Waals surface area contributed by atoms with Gasteiger partial charge in [-0.15, -0.1) is 0 Å². The van der Waals surface area contributed by atoms with Crippen LogP contribution in [0, 0.1) is 13.8 Å². The van der Waals surface area contributed by atoms with Gasteiger partial charge in [0, 0.05) is 12.2 Å². The van der Waals surface area contributed by atoms with Gasteiger partial charge in [0.05, 0.1) is 11.3 Å². The van der Waals surface area contributed by atoms with Crippen molar-refractivity contribution in [3.63, 3.8) is 0 Å². The first-order chi connectivity index (χ1) is 6.52. The van der Waals surface area contributed by atoms with E-state index in [0.29, 0.717) is 12.1 Å². The van der Waals surface area contributed by atoms with Gasteiger partial charge in [-0.3, -0.25) is 9.89 Å². The molecule has 0 radical (unpaired) electrons. The molecule has 4 nitrogen and oxygen atoms in total. The van der Waals surface area contributed by atoms with Gasteiger partial charge in [0.15, 0.2) is 0 Å². The molecule has 1 amide bonds. The van der Waals surface area contributed by atoms with Gasteiger partial charge in [-0.1, -0.05) is 12.2 Å². The highest BCUT2D eigenvalue weighted by atomic mass is 16.1. The number of hydrogen-bond donors (Lipinski definition) is 2. The lowest BCUT2D eigenvalue weighted by Crippen LogP contribution is -2.25. The second kappa shape index (κ2) is 4.09. The molecule has 0 aliphatic carbocycles. The lowest BCUT2D eigenvalue weighted by Gasteiger charge is -2.04. The summed E-state index contributed by atoms with van der Waals surface area (Å²) < 4.78 is 0. The minimum atomic E-state index is -0.100. The van der Waals surface area contributed by atoms with Crippen LogP contribution in [0.25, 0.3) is 0 Å². The normalized spacial score (nSPS) is 9.93. The molecule has 76 valence electrons. The summed E-state index contributed by atoms with van der Waals surface area (Å²) in [6.45, 7) is 9.72. The van der Waals surface area contributed by atoms with Gasteiger partial charge < -0.3 is 5.32 Å². The van der Waals surface area contributed by atoms with Gasteiger partial charge in [0.2, 0.25) is 0 Å². The summed E-state index contributed by atoms with van der Waals surface area (Å²) in [6, 6.07) is 0. The topological polar surface area (TPSA) is 57.8 Å². The van der Waals surface area contributed by atoms with Crippen LogP contribution in [0.5, 0.6) is 0 Å². The maximum Gasteiger partial charge on any atom is 0.255 e. The largest absolute Gasteiger partial charge is 0.348 e. The van der Waals surface area contributed by atoms with Crippen LogP contribution in [0.3, 0.4) is 0 Å². The van der Waals surface area contributed by atoms with E-state index in [4.69, 9.17) is 0 Å². The Labute approximate surface area is 83.4 Å². The zero-order valence-electron chi connectivity index (χ0n) is 8.77. The average molecular weight is 193 g/mol. The highest BCUT2D eigenvalue weighted by Gasteiger charge is 2.14. The van der Waals surface area contributed by atoms with Crippen molar-refractivity contribution >= 4 is 5.91 Å². The molecular formula is C10H15N3O. The molecule has 0 saturated carbocycles.